The van der Waals surface area contributed by atoms with Crippen LogP contribution in [0, 0.1) is 0 Å². The molecule has 0 aromatic heterocycles. The van der Waals surface area contributed by atoms with E-state index < -0.39 is 11.3 Å². The first-order chi connectivity index (χ1) is 8.97. The van der Waals surface area contributed by atoms with E-state index in [-0.39, 0.29) is 25.1 Å². The zero-order valence-electron chi connectivity index (χ0n) is 10.4. The van der Waals surface area contributed by atoms with Gasteiger partial charge in [-0.2, -0.15) is 0 Å². The lowest BCUT2D eigenvalue weighted by atomic mass is 9.61. The first-order valence-electron chi connectivity index (χ1n) is 6.27. The van der Waals surface area contributed by atoms with E-state index >= 15 is 0 Å². The van der Waals surface area contributed by atoms with Gasteiger partial charge >= 0.3 is 0 Å². The van der Waals surface area contributed by atoms with E-state index in [4.69, 9.17) is 5.73 Å². The largest absolute Gasteiger partial charge is 0.508 e. The number of hydrogen-bond donors (Lipinski definition) is 2. The molecule has 2 nitrogen and oxygen atoms in total. The molecule has 2 aromatic carbocycles. The molecule has 0 amide bonds. The van der Waals surface area contributed by atoms with Crippen molar-refractivity contribution in [2.24, 2.45) is 5.73 Å². The minimum absolute atomic E-state index is 0.0552. The van der Waals surface area contributed by atoms with Gasteiger partial charge in [0.2, 0.25) is 5.92 Å². The quantitative estimate of drug-likeness (QED) is 0.874. The molecule has 0 saturated heterocycles. The van der Waals surface area contributed by atoms with Gasteiger partial charge in [-0.1, -0.05) is 30.3 Å². The zero-order valence-corrected chi connectivity index (χ0v) is 10.4. The fourth-order valence-electron chi connectivity index (χ4n) is 3.18. The molecular formula is C15H15F2NO. The van der Waals surface area contributed by atoms with Crippen LogP contribution in [0.1, 0.15) is 18.4 Å². The zero-order chi connectivity index (χ0) is 13.7. The van der Waals surface area contributed by atoms with Crippen LogP contribution < -0.4 is 5.73 Å². The van der Waals surface area contributed by atoms with Crippen LogP contribution in [-0.2, 0) is 5.41 Å². The highest BCUT2D eigenvalue weighted by molar-refractivity contribution is 5.89. The van der Waals surface area contributed by atoms with E-state index in [1.54, 1.807) is 12.1 Å². The average molecular weight is 263 g/mol. The molecule has 100 valence electrons. The van der Waals surface area contributed by atoms with Crippen LogP contribution in [-0.4, -0.2) is 17.6 Å². The molecule has 0 unspecified atom stereocenters. The van der Waals surface area contributed by atoms with Crippen molar-refractivity contribution < 1.29 is 13.9 Å². The Hall–Kier alpha value is -1.68. The maximum Gasteiger partial charge on any atom is 0.250 e. The number of nitrogens with two attached hydrogens (primary N) is 1. The Morgan fingerprint density at radius 3 is 2.42 bits per heavy atom. The molecular weight excluding hydrogens is 248 g/mol. The number of benzene rings is 2. The molecule has 0 aliphatic heterocycles. The van der Waals surface area contributed by atoms with Crippen LogP contribution in [0.2, 0.25) is 0 Å². The van der Waals surface area contributed by atoms with E-state index in [1.807, 2.05) is 24.3 Å². The standard InChI is InChI=1S/C15H15F2NO/c16-15(17)7-14(8-15,9-18)13-11-4-2-1-3-10(11)5-6-12(13)19/h1-6,19H,7-9,18H2. The van der Waals surface area contributed by atoms with Crippen molar-refractivity contribution in [1.29, 1.82) is 0 Å². The van der Waals surface area contributed by atoms with E-state index in [0.717, 1.165) is 10.8 Å². The summed E-state index contributed by atoms with van der Waals surface area (Å²) >= 11 is 0. The Bertz CT molecular complexity index is 631. The minimum atomic E-state index is -2.68. The lowest BCUT2D eigenvalue weighted by Crippen LogP contribution is -2.53. The Labute approximate surface area is 109 Å². The lowest BCUT2D eigenvalue weighted by molar-refractivity contribution is -0.123. The minimum Gasteiger partial charge on any atom is -0.508 e. The van der Waals surface area contributed by atoms with Crippen LogP contribution in [0.5, 0.6) is 5.75 Å². The highest BCUT2D eigenvalue weighted by atomic mass is 19.3. The van der Waals surface area contributed by atoms with Gasteiger partial charge < -0.3 is 10.8 Å². The molecule has 3 rings (SSSR count). The second kappa shape index (κ2) is 3.90. The van der Waals surface area contributed by atoms with Crippen molar-refractivity contribution in [3.8, 4) is 5.75 Å². The van der Waals surface area contributed by atoms with Gasteiger partial charge in [-0.15, -0.1) is 0 Å². The summed E-state index contributed by atoms with van der Waals surface area (Å²) in [5, 5.41) is 11.8. The number of alkyl halides is 2. The van der Waals surface area contributed by atoms with Gasteiger partial charge in [-0.05, 0) is 16.8 Å². The molecule has 0 radical (unpaired) electrons. The molecule has 1 saturated carbocycles. The number of fused-ring (bicyclic) bond motifs is 1. The van der Waals surface area contributed by atoms with Crippen molar-refractivity contribution in [2.75, 3.05) is 6.54 Å². The van der Waals surface area contributed by atoms with Crippen LogP contribution in [0.25, 0.3) is 10.8 Å². The van der Waals surface area contributed by atoms with Gasteiger partial charge in [-0.25, -0.2) is 8.78 Å². The van der Waals surface area contributed by atoms with E-state index in [2.05, 4.69) is 0 Å². The predicted octanol–water partition coefficient (Wildman–Crippen LogP) is 3.17. The first kappa shape index (κ1) is 12.4. The van der Waals surface area contributed by atoms with Gasteiger partial charge in [0, 0.05) is 30.4 Å². The van der Waals surface area contributed by atoms with Crippen LogP contribution in [0.15, 0.2) is 36.4 Å². The molecule has 3 N–H and O–H groups in total. The first-order valence-corrected chi connectivity index (χ1v) is 6.27. The molecule has 0 bridgehead atoms. The van der Waals surface area contributed by atoms with Crippen molar-refractivity contribution in [3.05, 3.63) is 42.0 Å². The molecule has 4 heteroatoms. The summed E-state index contributed by atoms with van der Waals surface area (Å²) < 4.78 is 26.6. The molecule has 19 heavy (non-hydrogen) atoms. The van der Waals surface area contributed by atoms with E-state index in [9.17, 15) is 13.9 Å². The summed E-state index contributed by atoms with van der Waals surface area (Å²) in [6.07, 6.45) is -0.587. The Morgan fingerprint density at radius 2 is 1.79 bits per heavy atom. The monoisotopic (exact) mass is 263 g/mol. The van der Waals surface area contributed by atoms with Gasteiger partial charge in [0.25, 0.3) is 0 Å². The van der Waals surface area contributed by atoms with E-state index in [1.165, 1.54) is 0 Å². The van der Waals surface area contributed by atoms with Gasteiger partial charge in [0.05, 0.1) is 0 Å². The molecule has 0 heterocycles. The fourth-order valence-corrected chi connectivity index (χ4v) is 3.18. The summed E-state index contributed by atoms with van der Waals surface area (Å²) in [6.45, 7) is 0.115. The summed E-state index contributed by atoms with van der Waals surface area (Å²) in [5.74, 6) is -2.62. The highest BCUT2D eigenvalue weighted by Gasteiger charge is 2.57. The fraction of sp³-hybridized carbons (Fsp3) is 0.333. The van der Waals surface area contributed by atoms with Crippen LogP contribution in [0.3, 0.4) is 0 Å². The average Bonchev–Trinajstić information content (AvgIpc) is 2.35. The van der Waals surface area contributed by atoms with Gasteiger partial charge in [0.1, 0.15) is 5.75 Å². The van der Waals surface area contributed by atoms with E-state index in [0.29, 0.717) is 5.56 Å². The third kappa shape index (κ3) is 1.78. The normalized spacial score (nSPS) is 20.2. The van der Waals surface area contributed by atoms with Crippen LogP contribution in [0.4, 0.5) is 8.78 Å². The summed E-state index contributed by atoms with van der Waals surface area (Å²) in [5.41, 5.74) is 5.49. The second-order valence-corrected chi connectivity index (χ2v) is 5.37. The second-order valence-electron chi connectivity index (χ2n) is 5.37. The van der Waals surface area contributed by atoms with Crippen molar-refractivity contribution >= 4 is 10.8 Å². The van der Waals surface area contributed by atoms with Gasteiger partial charge in [0.15, 0.2) is 0 Å². The van der Waals surface area contributed by atoms with Crippen LogP contribution >= 0.6 is 0 Å². The summed E-state index contributed by atoms with van der Waals surface area (Å²) in [7, 11) is 0. The third-order valence-corrected chi connectivity index (χ3v) is 4.02. The number of rotatable bonds is 2. The SMILES string of the molecule is NCC1(c2c(O)ccc3ccccc23)CC(F)(F)C1. The molecule has 0 atom stereocenters. The Morgan fingerprint density at radius 1 is 1.11 bits per heavy atom. The maximum absolute atomic E-state index is 13.3. The number of phenolic OH excluding ortho intramolecular Hbond substituents is 1. The lowest BCUT2D eigenvalue weighted by Gasteiger charge is -2.47. The van der Waals surface area contributed by atoms with Crippen molar-refractivity contribution in [2.45, 2.75) is 24.2 Å². The smallest absolute Gasteiger partial charge is 0.250 e. The Balaban J connectivity index is 2.22. The molecule has 0 spiro atoms. The Kier molecular flexibility index (Phi) is 2.54. The summed E-state index contributed by atoms with van der Waals surface area (Å²) in [4.78, 5) is 0. The molecule has 1 aliphatic rings. The van der Waals surface area contributed by atoms with Crippen molar-refractivity contribution in [3.63, 3.8) is 0 Å². The number of aromatic hydroxyl groups is 1. The number of halogens is 2. The predicted molar refractivity (Wildman–Crippen MR) is 70.5 cm³/mol. The number of hydrogen-bond acceptors (Lipinski definition) is 2. The number of phenols is 1. The topological polar surface area (TPSA) is 46.2 Å². The maximum atomic E-state index is 13.3. The molecule has 1 aliphatic carbocycles. The molecule has 1 fully saturated rings. The van der Waals surface area contributed by atoms with Crippen molar-refractivity contribution in [1.82, 2.24) is 0 Å². The summed E-state index contributed by atoms with van der Waals surface area (Å²) in [6, 6.07) is 10.8. The third-order valence-electron chi connectivity index (χ3n) is 4.02. The highest BCUT2D eigenvalue weighted by Crippen LogP contribution is 2.56. The van der Waals surface area contributed by atoms with Gasteiger partial charge in [-0.3, -0.25) is 0 Å². The molecule has 2 aromatic rings.